The van der Waals surface area contributed by atoms with Crippen LogP contribution < -0.4 is 10.1 Å². The van der Waals surface area contributed by atoms with E-state index in [0.29, 0.717) is 12.0 Å². The zero-order valence-electron chi connectivity index (χ0n) is 14.0. The molecule has 0 aliphatic rings. The molecule has 0 saturated carbocycles. The minimum Gasteiger partial charge on any atom is -0.493 e. The highest BCUT2D eigenvalue weighted by molar-refractivity contribution is 5.88. The molecule has 1 aromatic heterocycles. The van der Waals surface area contributed by atoms with E-state index in [1.54, 1.807) is 7.11 Å². The third-order valence-corrected chi connectivity index (χ3v) is 3.81. The van der Waals surface area contributed by atoms with Crippen molar-refractivity contribution in [2.24, 2.45) is 0 Å². The minimum absolute atomic E-state index is 0.423. The number of hydrogen-bond donors (Lipinski definition) is 1. The summed E-state index contributed by atoms with van der Waals surface area (Å²) < 4.78 is 11.7. The molecule has 0 aliphatic heterocycles. The molecule has 1 heterocycles. The molecular weight excluding hydrogens is 262 g/mol. The van der Waals surface area contributed by atoms with Crippen LogP contribution in [-0.2, 0) is 13.0 Å². The van der Waals surface area contributed by atoms with Crippen molar-refractivity contribution in [1.29, 1.82) is 0 Å². The Bertz CT molecular complexity index is 611. The fourth-order valence-corrected chi connectivity index (χ4v) is 2.71. The molecular formula is C18H27NO2. The van der Waals surface area contributed by atoms with Crippen LogP contribution in [0.2, 0.25) is 0 Å². The minimum atomic E-state index is 0.423. The van der Waals surface area contributed by atoms with E-state index >= 15 is 0 Å². The molecule has 21 heavy (non-hydrogen) atoms. The Balaban J connectivity index is 2.61. The highest BCUT2D eigenvalue weighted by Gasteiger charge is 2.20. The normalized spacial score (nSPS) is 11.8. The molecule has 0 atom stereocenters. The number of benzene rings is 1. The molecule has 0 bridgehead atoms. The Morgan fingerprint density at radius 2 is 1.90 bits per heavy atom. The summed E-state index contributed by atoms with van der Waals surface area (Å²) in [6, 6.07) is 4.76. The lowest BCUT2D eigenvalue weighted by atomic mass is 9.97. The van der Waals surface area contributed by atoms with Gasteiger partial charge in [-0.15, -0.1) is 0 Å². The standard InChI is InChI=1S/C18H27NO2/c1-7-13-8-14-17(11(2)3)16(10-19-12(4)5)21-18(14)15(9-13)20-6/h8-9,11-12,19H,7,10H2,1-6H3. The van der Waals surface area contributed by atoms with Crippen LogP contribution in [0.3, 0.4) is 0 Å². The van der Waals surface area contributed by atoms with E-state index in [9.17, 15) is 0 Å². The molecule has 0 spiro atoms. The quantitative estimate of drug-likeness (QED) is 0.842. The van der Waals surface area contributed by atoms with Crippen LogP contribution in [0.15, 0.2) is 16.5 Å². The van der Waals surface area contributed by atoms with Crippen LogP contribution in [0.5, 0.6) is 5.75 Å². The van der Waals surface area contributed by atoms with Gasteiger partial charge in [0.1, 0.15) is 5.76 Å². The largest absolute Gasteiger partial charge is 0.493 e. The maximum absolute atomic E-state index is 6.14. The van der Waals surface area contributed by atoms with Gasteiger partial charge in [-0.3, -0.25) is 0 Å². The number of nitrogens with one attached hydrogen (secondary N) is 1. The fourth-order valence-electron chi connectivity index (χ4n) is 2.71. The topological polar surface area (TPSA) is 34.4 Å². The van der Waals surface area contributed by atoms with Gasteiger partial charge in [0.2, 0.25) is 0 Å². The second kappa shape index (κ2) is 6.52. The van der Waals surface area contributed by atoms with Gasteiger partial charge in [-0.2, -0.15) is 0 Å². The molecule has 3 nitrogen and oxygen atoms in total. The monoisotopic (exact) mass is 289 g/mol. The van der Waals surface area contributed by atoms with Gasteiger partial charge in [-0.1, -0.05) is 34.6 Å². The Kier molecular flexibility index (Phi) is 4.94. The van der Waals surface area contributed by atoms with Gasteiger partial charge in [0.15, 0.2) is 11.3 Å². The van der Waals surface area contributed by atoms with Gasteiger partial charge in [0, 0.05) is 17.0 Å². The van der Waals surface area contributed by atoms with Crippen LogP contribution >= 0.6 is 0 Å². The first kappa shape index (κ1) is 15.9. The molecule has 1 aromatic carbocycles. The summed E-state index contributed by atoms with van der Waals surface area (Å²) in [5.74, 6) is 2.29. The number of furan rings is 1. The van der Waals surface area contributed by atoms with Crippen LogP contribution in [-0.4, -0.2) is 13.2 Å². The predicted octanol–water partition coefficient (Wildman–Crippen LogP) is 4.63. The SMILES string of the molecule is CCc1cc(OC)c2oc(CNC(C)C)c(C(C)C)c2c1. The Morgan fingerprint density at radius 3 is 2.43 bits per heavy atom. The first-order chi connectivity index (χ1) is 9.97. The summed E-state index contributed by atoms with van der Waals surface area (Å²) in [5.41, 5.74) is 3.45. The van der Waals surface area contributed by atoms with Gasteiger partial charge >= 0.3 is 0 Å². The molecule has 0 aliphatic carbocycles. The van der Waals surface area contributed by atoms with E-state index in [4.69, 9.17) is 9.15 Å². The molecule has 2 aromatic rings. The third kappa shape index (κ3) is 3.24. The fraction of sp³-hybridized carbons (Fsp3) is 0.556. The number of ether oxygens (including phenoxy) is 1. The second-order valence-electron chi connectivity index (χ2n) is 6.16. The highest BCUT2D eigenvalue weighted by Crippen LogP contribution is 2.37. The lowest BCUT2D eigenvalue weighted by molar-refractivity contribution is 0.404. The number of rotatable bonds is 6. The summed E-state index contributed by atoms with van der Waals surface area (Å²) in [4.78, 5) is 0. The molecule has 0 fully saturated rings. The number of aryl methyl sites for hydroxylation is 1. The van der Waals surface area contributed by atoms with Crippen molar-refractivity contribution in [1.82, 2.24) is 5.32 Å². The summed E-state index contributed by atoms with van der Waals surface area (Å²) >= 11 is 0. The summed E-state index contributed by atoms with van der Waals surface area (Å²) in [7, 11) is 1.71. The maximum Gasteiger partial charge on any atom is 0.176 e. The van der Waals surface area contributed by atoms with Crippen LogP contribution in [0.4, 0.5) is 0 Å². The molecule has 3 heteroatoms. The van der Waals surface area contributed by atoms with Crippen LogP contribution in [0.25, 0.3) is 11.0 Å². The van der Waals surface area contributed by atoms with E-state index in [1.807, 2.05) is 0 Å². The first-order valence-electron chi connectivity index (χ1n) is 7.83. The Labute approximate surface area is 127 Å². The van der Waals surface area contributed by atoms with Crippen molar-refractivity contribution in [3.8, 4) is 5.75 Å². The van der Waals surface area contributed by atoms with Gasteiger partial charge in [0.05, 0.1) is 13.7 Å². The summed E-state index contributed by atoms with van der Waals surface area (Å²) in [6.45, 7) is 11.6. The van der Waals surface area contributed by atoms with Crippen molar-refractivity contribution in [2.75, 3.05) is 7.11 Å². The first-order valence-corrected chi connectivity index (χ1v) is 7.83. The molecule has 0 unspecified atom stereocenters. The van der Waals surface area contributed by atoms with Gasteiger partial charge < -0.3 is 14.5 Å². The van der Waals surface area contributed by atoms with E-state index in [-0.39, 0.29) is 0 Å². The molecule has 0 radical (unpaired) electrons. The van der Waals surface area contributed by atoms with Crippen molar-refractivity contribution in [3.05, 3.63) is 29.0 Å². The van der Waals surface area contributed by atoms with Crippen molar-refractivity contribution < 1.29 is 9.15 Å². The molecule has 116 valence electrons. The van der Waals surface area contributed by atoms with Crippen molar-refractivity contribution in [2.45, 2.75) is 59.5 Å². The van der Waals surface area contributed by atoms with E-state index < -0.39 is 0 Å². The third-order valence-electron chi connectivity index (χ3n) is 3.81. The van der Waals surface area contributed by atoms with Gasteiger partial charge in [0.25, 0.3) is 0 Å². The Hall–Kier alpha value is -1.48. The van der Waals surface area contributed by atoms with Crippen LogP contribution in [0, 0.1) is 0 Å². The second-order valence-corrected chi connectivity index (χ2v) is 6.16. The highest BCUT2D eigenvalue weighted by atomic mass is 16.5. The Morgan fingerprint density at radius 1 is 1.19 bits per heavy atom. The smallest absolute Gasteiger partial charge is 0.176 e. The van der Waals surface area contributed by atoms with E-state index in [0.717, 1.165) is 30.1 Å². The molecule has 0 amide bonds. The zero-order valence-corrected chi connectivity index (χ0v) is 14.0. The summed E-state index contributed by atoms with van der Waals surface area (Å²) in [6.07, 6.45) is 0.995. The molecule has 2 rings (SSSR count). The number of fused-ring (bicyclic) bond motifs is 1. The van der Waals surface area contributed by atoms with Gasteiger partial charge in [-0.05, 0) is 30.0 Å². The number of hydrogen-bond acceptors (Lipinski definition) is 3. The zero-order chi connectivity index (χ0) is 15.6. The van der Waals surface area contributed by atoms with Gasteiger partial charge in [-0.25, -0.2) is 0 Å². The summed E-state index contributed by atoms with van der Waals surface area (Å²) in [5, 5.41) is 4.65. The van der Waals surface area contributed by atoms with E-state index in [2.05, 4.69) is 52.1 Å². The lowest BCUT2D eigenvalue weighted by Gasteiger charge is -2.10. The molecule has 1 N–H and O–H groups in total. The van der Waals surface area contributed by atoms with Crippen molar-refractivity contribution in [3.63, 3.8) is 0 Å². The lowest BCUT2D eigenvalue weighted by Crippen LogP contribution is -2.22. The molecule has 0 saturated heterocycles. The number of methoxy groups -OCH3 is 1. The predicted molar refractivity (Wildman–Crippen MR) is 88.2 cm³/mol. The average Bonchev–Trinajstić information content (AvgIpc) is 2.82. The van der Waals surface area contributed by atoms with Crippen LogP contribution in [0.1, 0.15) is 57.4 Å². The average molecular weight is 289 g/mol. The maximum atomic E-state index is 6.14. The van der Waals surface area contributed by atoms with Crippen molar-refractivity contribution >= 4 is 11.0 Å². The van der Waals surface area contributed by atoms with E-state index in [1.165, 1.54) is 16.5 Å².